The third kappa shape index (κ3) is 1.87. The Morgan fingerprint density at radius 1 is 1.67 bits per heavy atom. The number of hydrogen-bond donors (Lipinski definition) is 1. The zero-order valence-electron chi connectivity index (χ0n) is 5.92. The predicted octanol–water partition coefficient (Wildman–Crippen LogP) is 2.17. The van der Waals surface area contributed by atoms with Gasteiger partial charge in [-0.3, -0.25) is 4.98 Å². The van der Waals surface area contributed by atoms with Gasteiger partial charge in [-0.2, -0.15) is 0 Å². The first-order valence-electron chi connectivity index (χ1n) is 3.09. The normalized spacial score (nSPS) is 9.83. The summed E-state index contributed by atoms with van der Waals surface area (Å²) in [6, 6.07) is 1.33. The second kappa shape index (κ2) is 3.74. The Balaban J connectivity index is 3.10. The van der Waals surface area contributed by atoms with Crippen LogP contribution in [0, 0.1) is 0 Å². The van der Waals surface area contributed by atoms with Crippen molar-refractivity contribution in [3.05, 3.63) is 28.5 Å². The van der Waals surface area contributed by atoms with E-state index in [1.54, 1.807) is 0 Å². The number of nitrogens with zero attached hydrogens (tertiary/aromatic N) is 1. The maximum Gasteiger partial charge on any atom is 0.337 e. The van der Waals surface area contributed by atoms with Gasteiger partial charge in [0.1, 0.15) is 0 Å². The molecule has 1 N–H and O–H groups in total. The molecule has 0 atom stereocenters. The molecule has 0 saturated heterocycles. The molecule has 0 spiro atoms. The molecule has 0 saturated carbocycles. The molecule has 0 aromatic carbocycles. The molecule has 0 aliphatic rings. The van der Waals surface area contributed by atoms with Crippen molar-refractivity contribution in [2.75, 3.05) is 0 Å². The molecule has 1 heterocycles. The highest BCUT2D eigenvalue weighted by atomic mass is 35.5. The van der Waals surface area contributed by atoms with Gasteiger partial charge in [-0.25, -0.2) is 4.79 Å². The van der Waals surface area contributed by atoms with Crippen molar-refractivity contribution in [3.8, 4) is 0 Å². The highest BCUT2D eigenvalue weighted by Crippen LogP contribution is 2.16. The molecule has 1 aromatic heterocycles. The van der Waals surface area contributed by atoms with Crippen LogP contribution in [0.5, 0.6) is 0 Å². The van der Waals surface area contributed by atoms with Crippen LogP contribution in [0.25, 0.3) is 0 Å². The summed E-state index contributed by atoms with van der Waals surface area (Å²) in [5.74, 6) is -0.871. The van der Waals surface area contributed by atoms with E-state index in [0.717, 1.165) is 0 Å². The van der Waals surface area contributed by atoms with Crippen LogP contribution in [-0.2, 0) is 5.88 Å². The number of aromatic carboxylic acids is 1. The zero-order valence-corrected chi connectivity index (χ0v) is 7.43. The summed E-state index contributed by atoms with van der Waals surface area (Å²) in [6.45, 7) is 0. The van der Waals surface area contributed by atoms with Gasteiger partial charge >= 0.3 is 5.97 Å². The fraction of sp³-hybridized carbons (Fsp3) is 0.143. The van der Waals surface area contributed by atoms with E-state index in [4.69, 9.17) is 28.3 Å². The van der Waals surface area contributed by atoms with Crippen molar-refractivity contribution in [2.45, 2.75) is 5.88 Å². The van der Waals surface area contributed by atoms with E-state index in [-0.39, 0.29) is 16.5 Å². The highest BCUT2D eigenvalue weighted by molar-refractivity contribution is 6.32. The van der Waals surface area contributed by atoms with Gasteiger partial charge in [0.25, 0.3) is 0 Å². The van der Waals surface area contributed by atoms with Gasteiger partial charge in [-0.1, -0.05) is 11.6 Å². The SMILES string of the molecule is O=C(O)c1cnc(CCl)c(Cl)c1. The maximum absolute atomic E-state index is 10.4. The Bertz CT molecular complexity index is 314. The summed E-state index contributed by atoms with van der Waals surface area (Å²) >= 11 is 11.1. The average molecular weight is 206 g/mol. The van der Waals surface area contributed by atoms with Gasteiger partial charge in [-0.05, 0) is 6.07 Å². The molecule has 0 amide bonds. The third-order valence-electron chi connectivity index (χ3n) is 1.29. The lowest BCUT2D eigenvalue weighted by molar-refractivity contribution is 0.0696. The number of rotatable bonds is 2. The Morgan fingerprint density at radius 2 is 2.33 bits per heavy atom. The van der Waals surface area contributed by atoms with Crippen molar-refractivity contribution < 1.29 is 9.90 Å². The number of pyridine rings is 1. The fourth-order valence-corrected chi connectivity index (χ4v) is 1.20. The Hall–Kier alpha value is -0.800. The number of carboxylic acid groups (broad SMARTS) is 1. The molecule has 0 fully saturated rings. The van der Waals surface area contributed by atoms with Gasteiger partial charge in [0.2, 0.25) is 0 Å². The minimum absolute atomic E-state index is 0.0638. The van der Waals surface area contributed by atoms with Gasteiger partial charge < -0.3 is 5.11 Å². The summed E-state index contributed by atoms with van der Waals surface area (Å²) in [5.41, 5.74) is 0.553. The smallest absolute Gasteiger partial charge is 0.337 e. The molecular weight excluding hydrogens is 201 g/mol. The van der Waals surface area contributed by atoms with E-state index in [2.05, 4.69) is 4.98 Å². The number of carboxylic acids is 1. The van der Waals surface area contributed by atoms with Crippen molar-refractivity contribution >= 4 is 29.2 Å². The zero-order chi connectivity index (χ0) is 9.14. The summed E-state index contributed by atoms with van der Waals surface area (Å²) < 4.78 is 0. The quantitative estimate of drug-likeness (QED) is 0.754. The minimum Gasteiger partial charge on any atom is -0.478 e. The van der Waals surface area contributed by atoms with E-state index >= 15 is 0 Å². The van der Waals surface area contributed by atoms with E-state index in [1.165, 1.54) is 12.3 Å². The standard InChI is InChI=1S/C7H5Cl2NO2/c8-2-6-5(9)1-4(3-10-6)7(11)12/h1,3H,2H2,(H,11,12). The number of carbonyl (C=O) groups is 1. The summed E-state index contributed by atoms with van der Waals surface area (Å²) in [4.78, 5) is 14.2. The Labute approximate surface area is 78.9 Å². The topological polar surface area (TPSA) is 50.2 Å². The number of alkyl halides is 1. The second-order valence-corrected chi connectivity index (χ2v) is 2.77. The lowest BCUT2D eigenvalue weighted by Crippen LogP contribution is -1.98. The molecule has 0 radical (unpaired) electrons. The van der Waals surface area contributed by atoms with Crippen LogP contribution in [0.2, 0.25) is 5.02 Å². The second-order valence-electron chi connectivity index (χ2n) is 2.09. The van der Waals surface area contributed by atoms with E-state index in [9.17, 15) is 4.79 Å². The molecular formula is C7H5Cl2NO2. The van der Waals surface area contributed by atoms with Gasteiger partial charge in [0.05, 0.1) is 22.2 Å². The molecule has 12 heavy (non-hydrogen) atoms. The van der Waals surface area contributed by atoms with Crippen LogP contribution >= 0.6 is 23.2 Å². The van der Waals surface area contributed by atoms with Crippen LogP contribution in [0.15, 0.2) is 12.3 Å². The minimum atomic E-state index is -1.05. The first-order valence-corrected chi connectivity index (χ1v) is 4.00. The van der Waals surface area contributed by atoms with Crippen molar-refractivity contribution in [2.24, 2.45) is 0 Å². The number of hydrogen-bond acceptors (Lipinski definition) is 2. The summed E-state index contributed by atoms with van der Waals surface area (Å²) in [6.07, 6.45) is 1.23. The number of aromatic nitrogens is 1. The monoisotopic (exact) mass is 205 g/mol. The predicted molar refractivity (Wildman–Crippen MR) is 45.8 cm³/mol. The van der Waals surface area contributed by atoms with Crippen LogP contribution in [0.1, 0.15) is 16.1 Å². The van der Waals surface area contributed by atoms with Gasteiger partial charge in [0.15, 0.2) is 0 Å². The fourth-order valence-electron chi connectivity index (χ4n) is 0.682. The van der Waals surface area contributed by atoms with Crippen LogP contribution in [0.4, 0.5) is 0 Å². The first kappa shape index (κ1) is 9.29. The van der Waals surface area contributed by atoms with Gasteiger partial charge in [-0.15, -0.1) is 11.6 Å². The lowest BCUT2D eigenvalue weighted by Gasteiger charge is -1.99. The van der Waals surface area contributed by atoms with Gasteiger partial charge in [0, 0.05) is 6.20 Å². The average Bonchev–Trinajstić information content (AvgIpc) is 2.04. The molecule has 0 aliphatic heterocycles. The Kier molecular flexibility index (Phi) is 2.89. The Morgan fingerprint density at radius 3 is 2.75 bits per heavy atom. The largest absolute Gasteiger partial charge is 0.478 e. The molecule has 1 aromatic rings. The summed E-state index contributed by atoms with van der Waals surface area (Å²) in [5, 5.41) is 8.82. The highest BCUT2D eigenvalue weighted by Gasteiger charge is 2.06. The first-order chi connectivity index (χ1) is 5.65. The maximum atomic E-state index is 10.4. The molecule has 1 rings (SSSR count). The van der Waals surface area contributed by atoms with Crippen LogP contribution in [-0.4, -0.2) is 16.1 Å². The van der Waals surface area contributed by atoms with Crippen molar-refractivity contribution in [3.63, 3.8) is 0 Å². The van der Waals surface area contributed by atoms with E-state index in [1.807, 2.05) is 0 Å². The molecule has 0 unspecified atom stereocenters. The molecule has 5 heteroatoms. The van der Waals surface area contributed by atoms with E-state index < -0.39 is 5.97 Å². The van der Waals surface area contributed by atoms with E-state index in [0.29, 0.717) is 5.69 Å². The molecule has 0 aliphatic carbocycles. The summed E-state index contributed by atoms with van der Waals surface area (Å²) in [7, 11) is 0. The molecule has 64 valence electrons. The molecule has 3 nitrogen and oxygen atoms in total. The molecule has 0 bridgehead atoms. The lowest BCUT2D eigenvalue weighted by atomic mass is 10.2. The van der Waals surface area contributed by atoms with Crippen LogP contribution < -0.4 is 0 Å². The van der Waals surface area contributed by atoms with Crippen molar-refractivity contribution in [1.82, 2.24) is 4.98 Å². The van der Waals surface area contributed by atoms with Crippen LogP contribution in [0.3, 0.4) is 0 Å². The number of halogens is 2. The van der Waals surface area contributed by atoms with Crippen molar-refractivity contribution in [1.29, 1.82) is 0 Å². The third-order valence-corrected chi connectivity index (χ3v) is 1.87.